The van der Waals surface area contributed by atoms with Crippen molar-refractivity contribution < 1.29 is 13.9 Å². The summed E-state index contributed by atoms with van der Waals surface area (Å²) in [6, 6.07) is 7.21. The van der Waals surface area contributed by atoms with Crippen LogP contribution in [0.5, 0.6) is 5.88 Å². The number of pyridine rings is 1. The van der Waals surface area contributed by atoms with Gasteiger partial charge in [-0.15, -0.1) is 0 Å². The Labute approximate surface area is 169 Å². The molecule has 0 aliphatic heterocycles. The van der Waals surface area contributed by atoms with Gasteiger partial charge in [0.15, 0.2) is 5.76 Å². The van der Waals surface area contributed by atoms with Gasteiger partial charge >= 0.3 is 0 Å². The van der Waals surface area contributed by atoms with Crippen LogP contribution in [0.1, 0.15) is 42.4 Å². The molecule has 29 heavy (non-hydrogen) atoms. The Kier molecular flexibility index (Phi) is 5.81. The molecule has 0 aromatic carbocycles. The molecule has 0 saturated carbocycles. The molecule has 0 unspecified atom stereocenters. The minimum atomic E-state index is -0.428. The van der Waals surface area contributed by atoms with Crippen molar-refractivity contribution in [1.29, 1.82) is 0 Å². The minimum absolute atomic E-state index is 0.0190. The van der Waals surface area contributed by atoms with Crippen molar-refractivity contribution in [3.63, 3.8) is 0 Å². The van der Waals surface area contributed by atoms with Gasteiger partial charge in [-0.05, 0) is 36.1 Å². The molecule has 3 rings (SSSR count). The van der Waals surface area contributed by atoms with E-state index in [1.165, 1.54) is 6.26 Å². The van der Waals surface area contributed by atoms with Crippen LogP contribution >= 0.6 is 0 Å². The highest BCUT2D eigenvalue weighted by Gasteiger charge is 2.24. The first-order valence-corrected chi connectivity index (χ1v) is 9.27. The molecule has 3 heterocycles. The highest BCUT2D eigenvalue weighted by Crippen LogP contribution is 2.27. The normalized spacial score (nSPS) is 11.3. The fraction of sp³-hybridized carbons (Fsp3) is 0.333. The van der Waals surface area contributed by atoms with Gasteiger partial charge in [0.25, 0.3) is 5.91 Å². The smallest absolute Gasteiger partial charge is 0.260 e. The lowest BCUT2D eigenvalue weighted by Gasteiger charge is -2.20. The number of rotatable bonds is 6. The van der Waals surface area contributed by atoms with Crippen molar-refractivity contribution in [3.8, 4) is 17.5 Å². The van der Waals surface area contributed by atoms with E-state index in [0.717, 1.165) is 11.3 Å². The lowest BCUT2D eigenvalue weighted by Crippen LogP contribution is -2.27. The van der Waals surface area contributed by atoms with Gasteiger partial charge in [-0.3, -0.25) is 9.78 Å². The van der Waals surface area contributed by atoms with E-state index in [0.29, 0.717) is 12.4 Å². The third-order valence-electron chi connectivity index (χ3n) is 4.05. The molecule has 1 amide bonds. The lowest BCUT2D eigenvalue weighted by molar-refractivity contribution is 0.0942. The molecule has 8 heteroatoms. The first-order chi connectivity index (χ1) is 13.7. The van der Waals surface area contributed by atoms with E-state index < -0.39 is 5.91 Å². The molecule has 3 aromatic rings. The van der Waals surface area contributed by atoms with Crippen LogP contribution in [-0.2, 0) is 6.54 Å². The summed E-state index contributed by atoms with van der Waals surface area (Å²) >= 11 is 0. The summed E-state index contributed by atoms with van der Waals surface area (Å²) in [5, 5.41) is 2.82. The number of furan rings is 1. The Bertz CT molecular complexity index is 994. The summed E-state index contributed by atoms with van der Waals surface area (Å²) < 4.78 is 11.2. The number of ether oxygens (including phenoxy) is 1. The molecule has 0 bridgehead atoms. The van der Waals surface area contributed by atoms with Crippen LogP contribution < -0.4 is 15.8 Å². The number of carbonyl (C=O) groups excluding carboxylic acids is 1. The topological polar surface area (TPSA) is 116 Å². The Morgan fingerprint density at radius 3 is 2.69 bits per heavy atom. The molecule has 3 N–H and O–H groups in total. The van der Waals surface area contributed by atoms with Crippen LogP contribution in [0.2, 0.25) is 0 Å². The van der Waals surface area contributed by atoms with Gasteiger partial charge in [0.1, 0.15) is 11.4 Å². The monoisotopic (exact) mass is 395 g/mol. The second kappa shape index (κ2) is 8.30. The summed E-state index contributed by atoms with van der Waals surface area (Å²) in [4.78, 5) is 25.8. The molecular weight excluding hydrogens is 370 g/mol. The van der Waals surface area contributed by atoms with Crippen LogP contribution in [0.15, 0.2) is 41.1 Å². The maximum absolute atomic E-state index is 12.9. The number of aryl methyl sites for hydroxylation is 1. The average Bonchev–Trinajstić information content (AvgIpc) is 3.19. The molecule has 0 spiro atoms. The summed E-state index contributed by atoms with van der Waals surface area (Å²) in [7, 11) is 0. The van der Waals surface area contributed by atoms with Crippen LogP contribution in [0.3, 0.4) is 0 Å². The molecule has 0 saturated heterocycles. The highest BCUT2D eigenvalue weighted by atomic mass is 16.5. The van der Waals surface area contributed by atoms with E-state index in [4.69, 9.17) is 14.9 Å². The zero-order chi connectivity index (χ0) is 21.0. The molecular formula is C21H25N5O3. The van der Waals surface area contributed by atoms with Gasteiger partial charge in [-0.25, -0.2) is 4.98 Å². The quantitative estimate of drug-likeness (QED) is 0.657. The molecule has 0 atom stereocenters. The first kappa shape index (κ1) is 20.3. The summed E-state index contributed by atoms with van der Waals surface area (Å²) in [5.41, 5.74) is 7.83. The van der Waals surface area contributed by atoms with Gasteiger partial charge in [0.2, 0.25) is 11.7 Å². The number of nitrogens with one attached hydrogen (secondary N) is 1. The predicted octanol–water partition coefficient (Wildman–Crippen LogP) is 3.38. The molecule has 0 radical (unpaired) electrons. The summed E-state index contributed by atoms with van der Waals surface area (Å²) in [5.74, 6) is 0.406. The number of anilines is 1. The standard InChI is InChI=1S/C21H25N5O3/c1-13-7-5-9-23-14(13)11-24-19(27)16-17(22)25-18(15-8-6-10-28-15)26-20(16)29-12-21(2,3)4/h5-10H,11-12H2,1-4H3,(H,24,27)(H2,22,25,26). The number of nitrogens with zero attached hydrogens (tertiary/aromatic N) is 3. The Morgan fingerprint density at radius 2 is 2.03 bits per heavy atom. The lowest BCUT2D eigenvalue weighted by atomic mass is 9.99. The number of hydrogen-bond donors (Lipinski definition) is 2. The van der Waals surface area contributed by atoms with Crippen molar-refractivity contribution in [2.24, 2.45) is 5.41 Å². The second-order valence-electron chi connectivity index (χ2n) is 7.89. The van der Waals surface area contributed by atoms with Gasteiger partial charge in [0.05, 0.1) is 25.1 Å². The van der Waals surface area contributed by atoms with E-state index in [1.807, 2.05) is 39.8 Å². The SMILES string of the molecule is Cc1cccnc1CNC(=O)c1c(N)nc(-c2ccco2)nc1OCC(C)(C)C. The van der Waals surface area contributed by atoms with E-state index in [2.05, 4.69) is 20.3 Å². The number of aromatic nitrogens is 3. The Balaban J connectivity index is 1.90. The van der Waals surface area contributed by atoms with Gasteiger partial charge in [-0.2, -0.15) is 4.98 Å². The third-order valence-corrected chi connectivity index (χ3v) is 4.05. The van der Waals surface area contributed by atoms with Crippen molar-refractivity contribution in [2.75, 3.05) is 12.3 Å². The molecule has 8 nitrogen and oxygen atoms in total. The average molecular weight is 395 g/mol. The van der Waals surface area contributed by atoms with Gasteiger partial charge in [0, 0.05) is 6.20 Å². The predicted molar refractivity (Wildman–Crippen MR) is 109 cm³/mol. The largest absolute Gasteiger partial charge is 0.476 e. The number of carbonyl (C=O) groups is 1. The van der Waals surface area contributed by atoms with Crippen molar-refractivity contribution in [2.45, 2.75) is 34.2 Å². The van der Waals surface area contributed by atoms with Crippen molar-refractivity contribution in [3.05, 3.63) is 53.5 Å². The minimum Gasteiger partial charge on any atom is -0.476 e. The molecule has 0 aliphatic carbocycles. The van der Waals surface area contributed by atoms with Crippen LogP contribution in [0, 0.1) is 12.3 Å². The number of amides is 1. The molecule has 0 aliphatic rings. The zero-order valence-electron chi connectivity index (χ0n) is 17.0. The van der Waals surface area contributed by atoms with E-state index in [9.17, 15) is 4.79 Å². The Morgan fingerprint density at radius 1 is 1.24 bits per heavy atom. The fourth-order valence-corrected chi connectivity index (χ4v) is 2.53. The first-order valence-electron chi connectivity index (χ1n) is 9.27. The fourth-order valence-electron chi connectivity index (χ4n) is 2.53. The van der Waals surface area contributed by atoms with E-state index in [1.54, 1.807) is 18.3 Å². The summed E-state index contributed by atoms with van der Waals surface area (Å²) in [6.45, 7) is 8.60. The van der Waals surface area contributed by atoms with E-state index >= 15 is 0 Å². The van der Waals surface area contributed by atoms with Crippen LogP contribution in [0.4, 0.5) is 5.82 Å². The Hall–Kier alpha value is -3.42. The molecule has 152 valence electrons. The zero-order valence-corrected chi connectivity index (χ0v) is 17.0. The van der Waals surface area contributed by atoms with E-state index in [-0.39, 0.29) is 35.0 Å². The third kappa shape index (κ3) is 5.10. The van der Waals surface area contributed by atoms with Crippen LogP contribution in [-0.4, -0.2) is 27.5 Å². The van der Waals surface area contributed by atoms with Crippen molar-refractivity contribution in [1.82, 2.24) is 20.3 Å². The number of nitrogens with two attached hydrogens (primary N) is 1. The molecule has 3 aromatic heterocycles. The number of hydrogen-bond acceptors (Lipinski definition) is 7. The second-order valence-corrected chi connectivity index (χ2v) is 7.89. The van der Waals surface area contributed by atoms with Gasteiger partial charge in [-0.1, -0.05) is 26.8 Å². The summed E-state index contributed by atoms with van der Waals surface area (Å²) in [6.07, 6.45) is 3.20. The maximum atomic E-state index is 12.9. The highest BCUT2D eigenvalue weighted by molar-refractivity contribution is 6.00. The van der Waals surface area contributed by atoms with Gasteiger partial charge < -0.3 is 20.2 Å². The number of nitrogen functional groups attached to an aromatic ring is 1. The molecule has 0 fully saturated rings. The van der Waals surface area contributed by atoms with Crippen molar-refractivity contribution >= 4 is 11.7 Å². The van der Waals surface area contributed by atoms with Crippen LogP contribution in [0.25, 0.3) is 11.6 Å². The maximum Gasteiger partial charge on any atom is 0.260 e.